The number of carbonyl (C=O) groups excluding carboxylic acids is 1. The van der Waals surface area contributed by atoms with E-state index in [-0.39, 0.29) is 11.5 Å². The molecule has 1 aliphatic carbocycles. The summed E-state index contributed by atoms with van der Waals surface area (Å²) in [4.78, 5) is 11.7. The number of nitrogens with two attached hydrogens (primary N) is 1. The molecule has 1 unspecified atom stereocenters. The van der Waals surface area contributed by atoms with Crippen LogP contribution in [0.15, 0.2) is 0 Å². The molecule has 1 heterocycles. The van der Waals surface area contributed by atoms with Crippen LogP contribution in [0.5, 0.6) is 0 Å². The number of Topliss-reactive ketones (excluding diaryl/α,β-unsaturated/α-hetero) is 1. The van der Waals surface area contributed by atoms with Gasteiger partial charge >= 0.3 is 0 Å². The monoisotopic (exact) mass is 197 g/mol. The van der Waals surface area contributed by atoms with Crippen LogP contribution in [0.25, 0.3) is 0 Å². The van der Waals surface area contributed by atoms with E-state index in [2.05, 4.69) is 0 Å². The van der Waals surface area contributed by atoms with Gasteiger partial charge in [-0.3, -0.25) is 4.79 Å². The summed E-state index contributed by atoms with van der Waals surface area (Å²) in [6.45, 7) is 1.25. The first-order chi connectivity index (χ1) is 6.76. The Bertz CT molecular complexity index is 223. The molecule has 80 valence electrons. The lowest BCUT2D eigenvalue weighted by atomic mass is 9.71. The Morgan fingerprint density at radius 2 is 2.29 bits per heavy atom. The minimum absolute atomic E-state index is 0.0905. The molecule has 0 radical (unpaired) electrons. The van der Waals surface area contributed by atoms with Gasteiger partial charge in [0.1, 0.15) is 5.78 Å². The van der Waals surface area contributed by atoms with Gasteiger partial charge in [0.2, 0.25) is 0 Å². The molecule has 14 heavy (non-hydrogen) atoms. The summed E-state index contributed by atoms with van der Waals surface area (Å²) >= 11 is 0. The van der Waals surface area contributed by atoms with Gasteiger partial charge < -0.3 is 10.5 Å². The summed E-state index contributed by atoms with van der Waals surface area (Å²) in [7, 11) is 0. The Balaban J connectivity index is 1.90. The third-order valence-corrected chi connectivity index (χ3v) is 3.60. The lowest BCUT2D eigenvalue weighted by Gasteiger charge is -2.46. The predicted octanol–water partition coefficient (Wildman–Crippen LogP) is 1.25. The summed E-state index contributed by atoms with van der Waals surface area (Å²) in [5.74, 6) is 0.578. The lowest BCUT2D eigenvalue weighted by Crippen LogP contribution is -2.47. The number of hydrogen-bond donors (Lipinski definition) is 1. The molecule has 1 saturated heterocycles. The SMILES string of the molecule is NCCC(=O)C1CCOC2(CCC2)C1. The fraction of sp³-hybridized carbons (Fsp3) is 0.909. The van der Waals surface area contributed by atoms with Crippen molar-refractivity contribution in [2.45, 2.75) is 44.1 Å². The van der Waals surface area contributed by atoms with Crippen LogP contribution in [0.1, 0.15) is 38.5 Å². The Morgan fingerprint density at radius 3 is 2.86 bits per heavy atom. The van der Waals surface area contributed by atoms with Crippen molar-refractivity contribution < 1.29 is 9.53 Å². The molecule has 1 atom stereocenters. The zero-order valence-corrected chi connectivity index (χ0v) is 8.63. The molecule has 0 amide bonds. The van der Waals surface area contributed by atoms with Gasteiger partial charge in [-0.15, -0.1) is 0 Å². The standard InChI is InChI=1S/C11H19NO2/c12-6-2-10(13)9-3-7-14-11(8-9)4-1-5-11/h9H,1-8,12H2. The molecule has 0 aromatic heterocycles. The molecule has 0 aromatic carbocycles. The van der Waals surface area contributed by atoms with Crippen LogP contribution in [0, 0.1) is 5.92 Å². The molecule has 3 nitrogen and oxygen atoms in total. The first kappa shape index (κ1) is 10.1. The topological polar surface area (TPSA) is 52.3 Å². The van der Waals surface area contributed by atoms with Crippen molar-refractivity contribution in [2.24, 2.45) is 11.7 Å². The quantitative estimate of drug-likeness (QED) is 0.741. The summed E-state index contributed by atoms with van der Waals surface area (Å²) in [6.07, 6.45) is 5.96. The predicted molar refractivity (Wildman–Crippen MR) is 53.9 cm³/mol. The molecular weight excluding hydrogens is 178 g/mol. The van der Waals surface area contributed by atoms with Crippen LogP contribution in [-0.2, 0) is 9.53 Å². The summed E-state index contributed by atoms with van der Waals surface area (Å²) in [6, 6.07) is 0. The van der Waals surface area contributed by atoms with E-state index in [1.165, 1.54) is 6.42 Å². The largest absolute Gasteiger partial charge is 0.375 e. The number of ether oxygens (including phenoxy) is 1. The van der Waals surface area contributed by atoms with Crippen LogP contribution in [0.4, 0.5) is 0 Å². The highest BCUT2D eigenvalue weighted by Crippen LogP contribution is 2.44. The van der Waals surface area contributed by atoms with E-state index >= 15 is 0 Å². The normalized spacial score (nSPS) is 29.9. The Hall–Kier alpha value is -0.410. The second-order valence-electron chi connectivity index (χ2n) is 4.58. The lowest BCUT2D eigenvalue weighted by molar-refractivity contribution is -0.155. The molecule has 1 spiro atoms. The second kappa shape index (κ2) is 3.99. The Kier molecular flexibility index (Phi) is 2.88. The van der Waals surface area contributed by atoms with Gasteiger partial charge in [-0.1, -0.05) is 0 Å². The van der Waals surface area contributed by atoms with Crippen molar-refractivity contribution in [3.63, 3.8) is 0 Å². The molecule has 2 aliphatic rings. The van der Waals surface area contributed by atoms with Crippen LogP contribution < -0.4 is 5.73 Å². The maximum absolute atomic E-state index is 11.7. The van der Waals surface area contributed by atoms with Gasteiger partial charge in [0, 0.05) is 18.9 Å². The fourth-order valence-corrected chi connectivity index (χ4v) is 2.57. The van der Waals surface area contributed by atoms with Crippen LogP contribution >= 0.6 is 0 Å². The van der Waals surface area contributed by atoms with Gasteiger partial charge in [0.25, 0.3) is 0 Å². The zero-order valence-electron chi connectivity index (χ0n) is 8.63. The minimum Gasteiger partial charge on any atom is -0.375 e. The molecule has 3 heteroatoms. The molecule has 1 saturated carbocycles. The average Bonchev–Trinajstić information content (AvgIpc) is 2.16. The molecule has 2 rings (SSSR count). The van der Waals surface area contributed by atoms with E-state index in [0.29, 0.717) is 18.7 Å². The molecular formula is C11H19NO2. The highest BCUT2D eigenvalue weighted by Gasteiger charge is 2.43. The average molecular weight is 197 g/mol. The third kappa shape index (κ3) is 1.84. The van der Waals surface area contributed by atoms with E-state index < -0.39 is 0 Å². The second-order valence-corrected chi connectivity index (χ2v) is 4.58. The number of carbonyl (C=O) groups is 1. The summed E-state index contributed by atoms with van der Waals surface area (Å²) in [5, 5.41) is 0. The van der Waals surface area contributed by atoms with E-state index in [9.17, 15) is 4.79 Å². The highest BCUT2D eigenvalue weighted by atomic mass is 16.5. The van der Waals surface area contributed by atoms with E-state index in [0.717, 1.165) is 32.3 Å². The van der Waals surface area contributed by atoms with Gasteiger partial charge in [-0.05, 0) is 38.6 Å². The number of hydrogen-bond acceptors (Lipinski definition) is 3. The number of ketones is 1. The first-order valence-electron chi connectivity index (χ1n) is 5.62. The van der Waals surface area contributed by atoms with Crippen LogP contribution in [0.2, 0.25) is 0 Å². The molecule has 0 aromatic rings. The van der Waals surface area contributed by atoms with Crippen molar-refractivity contribution >= 4 is 5.78 Å². The van der Waals surface area contributed by atoms with Crippen molar-refractivity contribution in [3.8, 4) is 0 Å². The van der Waals surface area contributed by atoms with Gasteiger partial charge in [0.05, 0.1) is 5.60 Å². The van der Waals surface area contributed by atoms with Gasteiger partial charge in [-0.2, -0.15) is 0 Å². The van der Waals surface area contributed by atoms with Crippen molar-refractivity contribution in [3.05, 3.63) is 0 Å². The molecule has 1 aliphatic heterocycles. The van der Waals surface area contributed by atoms with Gasteiger partial charge in [0.15, 0.2) is 0 Å². The van der Waals surface area contributed by atoms with Crippen LogP contribution in [0.3, 0.4) is 0 Å². The first-order valence-corrected chi connectivity index (χ1v) is 5.62. The Labute approximate surface area is 85.0 Å². The maximum Gasteiger partial charge on any atom is 0.137 e. The van der Waals surface area contributed by atoms with Crippen molar-refractivity contribution in [2.75, 3.05) is 13.2 Å². The van der Waals surface area contributed by atoms with E-state index in [4.69, 9.17) is 10.5 Å². The van der Waals surface area contributed by atoms with Crippen LogP contribution in [-0.4, -0.2) is 24.5 Å². The highest BCUT2D eigenvalue weighted by molar-refractivity contribution is 5.81. The molecule has 2 fully saturated rings. The minimum atomic E-state index is 0.0905. The fourth-order valence-electron chi connectivity index (χ4n) is 2.57. The number of rotatable bonds is 3. The third-order valence-electron chi connectivity index (χ3n) is 3.60. The Morgan fingerprint density at radius 1 is 1.50 bits per heavy atom. The van der Waals surface area contributed by atoms with E-state index in [1.807, 2.05) is 0 Å². The zero-order chi connectivity index (χ0) is 10.0. The maximum atomic E-state index is 11.7. The molecule has 2 N–H and O–H groups in total. The van der Waals surface area contributed by atoms with E-state index in [1.54, 1.807) is 0 Å². The smallest absolute Gasteiger partial charge is 0.137 e. The van der Waals surface area contributed by atoms with Crippen molar-refractivity contribution in [1.29, 1.82) is 0 Å². The summed E-state index contributed by atoms with van der Waals surface area (Å²) < 4.78 is 5.78. The van der Waals surface area contributed by atoms with Gasteiger partial charge in [-0.25, -0.2) is 0 Å². The molecule has 0 bridgehead atoms. The summed E-state index contributed by atoms with van der Waals surface area (Å²) in [5.41, 5.74) is 5.49. The van der Waals surface area contributed by atoms with Crippen molar-refractivity contribution in [1.82, 2.24) is 0 Å².